The van der Waals surface area contributed by atoms with E-state index in [4.69, 9.17) is 9.15 Å². The van der Waals surface area contributed by atoms with Crippen molar-refractivity contribution in [3.05, 3.63) is 69.8 Å². The molecule has 0 aliphatic rings. The van der Waals surface area contributed by atoms with E-state index in [1.165, 1.54) is 15.9 Å². The fraction of sp³-hybridized carbons (Fsp3) is 0.200. The van der Waals surface area contributed by atoms with Crippen molar-refractivity contribution >= 4 is 21.6 Å². The Morgan fingerprint density at radius 2 is 2.07 bits per heavy atom. The third kappa shape index (κ3) is 3.26. The molecule has 3 heterocycles. The van der Waals surface area contributed by atoms with Gasteiger partial charge in [-0.1, -0.05) is 12.1 Å². The van der Waals surface area contributed by atoms with Crippen LogP contribution in [-0.4, -0.2) is 23.3 Å². The number of nitrogens with zero attached hydrogens (tertiary/aromatic N) is 2. The van der Waals surface area contributed by atoms with E-state index < -0.39 is 6.67 Å². The van der Waals surface area contributed by atoms with Gasteiger partial charge in [-0.3, -0.25) is 9.36 Å². The molecule has 1 aromatic carbocycles. The summed E-state index contributed by atoms with van der Waals surface area (Å²) in [6.45, 7) is -0.663. The van der Waals surface area contributed by atoms with E-state index in [9.17, 15) is 9.18 Å². The molecule has 0 atom stereocenters. The van der Waals surface area contributed by atoms with Crippen LogP contribution in [0, 0.1) is 0 Å². The molecular formula is C20H17FN2O3S. The summed E-state index contributed by atoms with van der Waals surface area (Å²) in [5.74, 6) is 1.91. The number of aromatic nitrogens is 2. The molecule has 0 fully saturated rings. The molecule has 0 aliphatic heterocycles. The van der Waals surface area contributed by atoms with Gasteiger partial charge in [-0.2, -0.15) is 0 Å². The lowest BCUT2D eigenvalue weighted by atomic mass is 10.1. The van der Waals surface area contributed by atoms with E-state index in [2.05, 4.69) is 4.98 Å². The lowest BCUT2D eigenvalue weighted by molar-refractivity contribution is 0.414. The minimum Gasteiger partial charge on any atom is -0.497 e. The van der Waals surface area contributed by atoms with Crippen molar-refractivity contribution in [3.8, 4) is 17.1 Å². The average Bonchev–Trinajstić information content (AvgIpc) is 3.35. The normalized spacial score (nSPS) is 11.2. The van der Waals surface area contributed by atoms with Crippen LogP contribution in [0.4, 0.5) is 4.39 Å². The van der Waals surface area contributed by atoms with Crippen molar-refractivity contribution in [2.75, 3.05) is 13.8 Å². The number of fused-ring (bicyclic) bond motifs is 1. The van der Waals surface area contributed by atoms with Gasteiger partial charge in [0.05, 0.1) is 25.3 Å². The van der Waals surface area contributed by atoms with Gasteiger partial charge in [-0.05, 0) is 29.8 Å². The molecule has 0 aliphatic carbocycles. The van der Waals surface area contributed by atoms with E-state index in [0.717, 1.165) is 11.3 Å². The predicted molar refractivity (Wildman–Crippen MR) is 103 cm³/mol. The Morgan fingerprint density at radius 3 is 2.74 bits per heavy atom. The molecule has 4 aromatic rings. The number of ether oxygens (including phenoxy) is 1. The first-order chi connectivity index (χ1) is 13.2. The molecule has 0 amide bonds. The van der Waals surface area contributed by atoms with Gasteiger partial charge in [0.1, 0.15) is 28.8 Å². The Morgan fingerprint density at radius 1 is 1.26 bits per heavy atom. The Hall–Kier alpha value is -2.93. The molecule has 0 saturated carbocycles. The number of benzene rings is 1. The number of halogens is 1. The second-order valence-electron chi connectivity index (χ2n) is 6.01. The molecule has 5 nitrogen and oxygen atoms in total. The molecule has 138 valence electrons. The van der Waals surface area contributed by atoms with Gasteiger partial charge in [0, 0.05) is 17.4 Å². The van der Waals surface area contributed by atoms with Gasteiger partial charge in [0.25, 0.3) is 5.56 Å². The predicted octanol–water partition coefficient (Wildman–Crippen LogP) is 4.29. The van der Waals surface area contributed by atoms with Crippen LogP contribution < -0.4 is 10.3 Å². The first kappa shape index (κ1) is 17.5. The summed E-state index contributed by atoms with van der Waals surface area (Å²) in [6, 6.07) is 11.1. The molecule has 0 spiro atoms. The Bertz CT molecular complexity index is 1110. The van der Waals surface area contributed by atoms with Crippen molar-refractivity contribution < 1.29 is 13.5 Å². The zero-order valence-corrected chi connectivity index (χ0v) is 15.5. The zero-order chi connectivity index (χ0) is 18.8. The fourth-order valence-corrected chi connectivity index (χ4v) is 3.99. The minimum absolute atomic E-state index is 0.0271. The van der Waals surface area contributed by atoms with Crippen LogP contribution in [0.2, 0.25) is 0 Å². The SMILES string of the molecule is COc1ccc(Cc2nc3scc(-c4ccco4)c3c(=O)n2CCF)cc1. The lowest BCUT2D eigenvalue weighted by Gasteiger charge is -2.11. The van der Waals surface area contributed by atoms with Crippen LogP contribution in [0.15, 0.2) is 57.3 Å². The topological polar surface area (TPSA) is 57.3 Å². The van der Waals surface area contributed by atoms with Gasteiger partial charge >= 0.3 is 0 Å². The van der Waals surface area contributed by atoms with Crippen LogP contribution in [-0.2, 0) is 13.0 Å². The summed E-state index contributed by atoms with van der Waals surface area (Å²) in [7, 11) is 1.61. The number of thiophene rings is 1. The maximum atomic E-state index is 13.2. The second kappa shape index (κ2) is 7.36. The van der Waals surface area contributed by atoms with E-state index >= 15 is 0 Å². The number of rotatable bonds is 6. The summed E-state index contributed by atoms with van der Waals surface area (Å²) >= 11 is 1.39. The van der Waals surface area contributed by atoms with Crippen molar-refractivity contribution in [3.63, 3.8) is 0 Å². The molecule has 27 heavy (non-hydrogen) atoms. The number of hydrogen-bond donors (Lipinski definition) is 0. The maximum Gasteiger partial charge on any atom is 0.263 e. The van der Waals surface area contributed by atoms with Gasteiger partial charge in [-0.25, -0.2) is 9.37 Å². The van der Waals surface area contributed by atoms with E-state index in [1.807, 2.05) is 29.6 Å². The van der Waals surface area contributed by atoms with Crippen LogP contribution in [0.3, 0.4) is 0 Å². The molecule has 0 saturated heterocycles. The molecule has 3 aromatic heterocycles. The van der Waals surface area contributed by atoms with Crippen LogP contribution >= 0.6 is 11.3 Å². The third-order valence-corrected chi connectivity index (χ3v) is 5.26. The summed E-state index contributed by atoms with van der Waals surface area (Å²) in [5.41, 5.74) is 1.42. The van der Waals surface area contributed by atoms with Crippen molar-refractivity contribution in [1.29, 1.82) is 0 Å². The molecule has 0 unspecified atom stereocenters. The van der Waals surface area contributed by atoms with E-state index in [0.29, 0.717) is 33.8 Å². The van der Waals surface area contributed by atoms with Gasteiger partial charge in [0.2, 0.25) is 0 Å². The van der Waals surface area contributed by atoms with Crippen LogP contribution in [0.1, 0.15) is 11.4 Å². The average molecular weight is 384 g/mol. The monoisotopic (exact) mass is 384 g/mol. The van der Waals surface area contributed by atoms with E-state index in [1.54, 1.807) is 25.5 Å². The molecular weight excluding hydrogens is 367 g/mol. The summed E-state index contributed by atoms with van der Waals surface area (Å²) in [5, 5.41) is 2.33. The lowest BCUT2D eigenvalue weighted by Crippen LogP contribution is -2.26. The van der Waals surface area contributed by atoms with Crippen molar-refractivity contribution in [1.82, 2.24) is 9.55 Å². The minimum atomic E-state index is -0.636. The smallest absolute Gasteiger partial charge is 0.263 e. The number of hydrogen-bond acceptors (Lipinski definition) is 5. The highest BCUT2D eigenvalue weighted by molar-refractivity contribution is 7.17. The standard InChI is InChI=1S/C20H17FN2O3S/c1-25-14-6-4-13(5-7-14)11-17-22-19-18(20(24)23(17)9-8-21)15(12-27-19)16-3-2-10-26-16/h2-7,10,12H,8-9,11H2,1H3. The number of furan rings is 1. The Labute approximate surface area is 158 Å². The highest BCUT2D eigenvalue weighted by Crippen LogP contribution is 2.31. The molecule has 0 N–H and O–H groups in total. The van der Waals surface area contributed by atoms with Crippen LogP contribution in [0.25, 0.3) is 21.5 Å². The molecule has 4 rings (SSSR count). The summed E-state index contributed by atoms with van der Waals surface area (Å²) in [4.78, 5) is 18.4. The Balaban J connectivity index is 1.82. The van der Waals surface area contributed by atoms with Gasteiger partial charge < -0.3 is 9.15 Å². The third-order valence-electron chi connectivity index (χ3n) is 4.39. The highest BCUT2D eigenvalue weighted by Gasteiger charge is 2.18. The molecule has 0 radical (unpaired) electrons. The second-order valence-corrected chi connectivity index (χ2v) is 6.86. The first-order valence-electron chi connectivity index (χ1n) is 8.45. The number of methoxy groups -OCH3 is 1. The van der Waals surface area contributed by atoms with Crippen LogP contribution in [0.5, 0.6) is 5.75 Å². The maximum absolute atomic E-state index is 13.2. The summed E-state index contributed by atoms with van der Waals surface area (Å²) in [6.07, 6.45) is 1.99. The van der Waals surface area contributed by atoms with Gasteiger partial charge in [-0.15, -0.1) is 11.3 Å². The summed E-state index contributed by atoms with van der Waals surface area (Å²) < 4.78 is 25.2. The number of alkyl halides is 1. The van der Waals surface area contributed by atoms with Gasteiger partial charge in [0.15, 0.2) is 0 Å². The zero-order valence-electron chi connectivity index (χ0n) is 14.6. The van der Waals surface area contributed by atoms with Crippen molar-refractivity contribution in [2.24, 2.45) is 0 Å². The van der Waals surface area contributed by atoms with E-state index in [-0.39, 0.29) is 12.1 Å². The highest BCUT2D eigenvalue weighted by atomic mass is 32.1. The molecule has 7 heteroatoms. The quantitative estimate of drug-likeness (QED) is 0.498. The van der Waals surface area contributed by atoms with Crippen molar-refractivity contribution in [2.45, 2.75) is 13.0 Å². The molecule has 0 bridgehead atoms. The fourth-order valence-electron chi connectivity index (χ4n) is 3.06. The Kier molecular flexibility index (Phi) is 4.77. The largest absolute Gasteiger partial charge is 0.497 e. The first-order valence-corrected chi connectivity index (χ1v) is 9.33.